The van der Waals surface area contributed by atoms with Gasteiger partial charge in [-0.25, -0.2) is 0 Å². The number of rotatable bonds is 4. The van der Waals surface area contributed by atoms with Crippen molar-refractivity contribution in [2.24, 2.45) is 0 Å². The van der Waals surface area contributed by atoms with Gasteiger partial charge < -0.3 is 30.1 Å². The minimum Gasteiger partial charge on any atom is -0.548 e. The molecular formula is C17H18N3NaO6S2. The number of thiophene rings is 1. The standard InChI is InChI=1S/C17H17N3O5S2.Na.H2O/c1-7-9(10(19-25-7)8-5-4-6-26-8)13(21)18-11-14(22)20-12(16(23)24)17(2,3)27-15(11)20;;/h4-6,11-12,15H,1-3H3,(H,18,21)(H,23,24);;1H2/q;+1;/p-1/t11-,12+,15-;;/m1../s1. The van der Waals surface area contributed by atoms with Gasteiger partial charge in [0.1, 0.15) is 28.4 Å². The number of aromatic nitrogens is 1. The summed E-state index contributed by atoms with van der Waals surface area (Å²) in [5, 5.41) is 19.6. The van der Waals surface area contributed by atoms with Crippen LogP contribution < -0.4 is 40.0 Å². The molecule has 2 aliphatic heterocycles. The molecule has 4 heterocycles. The Morgan fingerprint density at radius 1 is 1.38 bits per heavy atom. The Hall–Kier alpha value is -1.37. The topological polar surface area (TPSA) is 147 Å². The first kappa shape index (κ1) is 23.9. The van der Waals surface area contributed by atoms with Crippen LogP contribution in [0.15, 0.2) is 22.0 Å². The van der Waals surface area contributed by atoms with Gasteiger partial charge >= 0.3 is 29.6 Å². The fourth-order valence-electron chi connectivity index (χ4n) is 3.56. The normalized spacial score (nSPS) is 24.0. The van der Waals surface area contributed by atoms with Crippen LogP contribution >= 0.6 is 23.1 Å². The van der Waals surface area contributed by atoms with Crippen molar-refractivity contribution in [3.05, 3.63) is 28.8 Å². The van der Waals surface area contributed by atoms with Crippen molar-refractivity contribution >= 4 is 40.9 Å². The molecule has 2 aliphatic rings. The summed E-state index contributed by atoms with van der Waals surface area (Å²) in [5.74, 6) is -1.83. The summed E-state index contributed by atoms with van der Waals surface area (Å²) in [4.78, 5) is 38.9. The number of carbonyl (C=O) groups is 3. The Kier molecular flexibility index (Phi) is 6.93. The van der Waals surface area contributed by atoms with Gasteiger partial charge in [-0.05, 0) is 32.2 Å². The zero-order valence-electron chi connectivity index (χ0n) is 16.2. The molecule has 2 fully saturated rings. The Labute approximate surface area is 196 Å². The Morgan fingerprint density at radius 2 is 2.07 bits per heavy atom. The number of thioether (sulfide) groups is 1. The van der Waals surface area contributed by atoms with Gasteiger partial charge in [-0.15, -0.1) is 23.1 Å². The van der Waals surface area contributed by atoms with Crippen molar-refractivity contribution in [1.29, 1.82) is 0 Å². The van der Waals surface area contributed by atoms with Crippen molar-refractivity contribution in [1.82, 2.24) is 15.4 Å². The van der Waals surface area contributed by atoms with E-state index in [1.165, 1.54) is 28.0 Å². The maximum atomic E-state index is 12.8. The number of fused-ring (bicyclic) bond motifs is 1. The molecule has 2 saturated heterocycles. The molecule has 9 nitrogen and oxygen atoms in total. The maximum absolute atomic E-state index is 12.8. The molecule has 2 amide bonds. The first-order valence-electron chi connectivity index (χ1n) is 8.24. The molecule has 0 saturated carbocycles. The number of nitrogens with zero attached hydrogens (tertiary/aromatic N) is 2. The third kappa shape index (κ3) is 3.75. The van der Waals surface area contributed by atoms with Crippen LogP contribution in [0.25, 0.3) is 10.6 Å². The minimum atomic E-state index is -1.29. The molecule has 2 aromatic rings. The van der Waals surface area contributed by atoms with E-state index < -0.39 is 40.0 Å². The molecule has 3 N–H and O–H groups in total. The molecule has 0 spiro atoms. The first-order chi connectivity index (χ1) is 12.7. The molecule has 0 aromatic carbocycles. The van der Waals surface area contributed by atoms with E-state index in [9.17, 15) is 19.5 Å². The van der Waals surface area contributed by atoms with E-state index in [1.807, 2.05) is 17.5 Å². The van der Waals surface area contributed by atoms with Gasteiger partial charge in [-0.1, -0.05) is 11.2 Å². The van der Waals surface area contributed by atoms with E-state index in [4.69, 9.17) is 4.52 Å². The second-order valence-electron chi connectivity index (χ2n) is 6.97. The smallest absolute Gasteiger partial charge is 0.548 e. The van der Waals surface area contributed by atoms with Gasteiger partial charge in [0.2, 0.25) is 5.91 Å². The summed E-state index contributed by atoms with van der Waals surface area (Å²) in [6, 6.07) is 1.86. The minimum absolute atomic E-state index is 0. The zero-order chi connectivity index (χ0) is 19.5. The molecule has 0 bridgehead atoms. The quantitative estimate of drug-likeness (QED) is 0.383. The van der Waals surface area contributed by atoms with Crippen molar-refractivity contribution in [2.75, 3.05) is 0 Å². The van der Waals surface area contributed by atoms with Crippen LogP contribution in [0.3, 0.4) is 0 Å². The molecule has 0 aliphatic carbocycles. The van der Waals surface area contributed by atoms with Crippen LogP contribution in [0, 0.1) is 6.92 Å². The van der Waals surface area contributed by atoms with Gasteiger partial charge in [0.15, 0.2) is 0 Å². The van der Waals surface area contributed by atoms with Crippen molar-refractivity contribution in [2.45, 2.75) is 43.0 Å². The molecule has 12 heteroatoms. The summed E-state index contributed by atoms with van der Waals surface area (Å²) >= 11 is 2.77. The molecule has 4 rings (SSSR count). The van der Waals surface area contributed by atoms with Crippen LogP contribution in [-0.4, -0.2) is 55.5 Å². The van der Waals surface area contributed by atoms with E-state index in [0.717, 1.165) is 4.88 Å². The van der Waals surface area contributed by atoms with Crippen molar-refractivity contribution < 1.29 is 59.0 Å². The molecule has 0 unspecified atom stereocenters. The molecule has 3 atom stereocenters. The number of carboxylic acids is 1. The summed E-state index contributed by atoms with van der Waals surface area (Å²) in [6.07, 6.45) is 0. The van der Waals surface area contributed by atoms with Gasteiger partial charge in [0.25, 0.3) is 5.91 Å². The zero-order valence-corrected chi connectivity index (χ0v) is 19.8. The average molecular weight is 447 g/mol. The third-order valence-electron chi connectivity index (χ3n) is 4.80. The predicted molar refractivity (Wildman–Crippen MR) is 101 cm³/mol. The number of β-lactam (4-membered cyclic amide) rings is 1. The average Bonchev–Trinajstić information content (AvgIpc) is 3.28. The van der Waals surface area contributed by atoms with E-state index in [2.05, 4.69) is 10.5 Å². The SMILES string of the molecule is Cc1onc(-c2cccs2)c1C(=O)N[C@@H]1C(=O)N2[C@@H]1SC(C)(C)[C@@H]2C(=O)[O-].O.[Na+]. The number of hydrogen-bond acceptors (Lipinski definition) is 8. The van der Waals surface area contributed by atoms with Gasteiger partial charge in [-0.3, -0.25) is 9.59 Å². The number of amides is 2. The summed E-state index contributed by atoms with van der Waals surface area (Å²) in [6.45, 7) is 5.14. The van der Waals surface area contributed by atoms with Crippen LogP contribution in [-0.2, 0) is 9.59 Å². The Bertz CT molecular complexity index is 945. The fourth-order valence-corrected chi connectivity index (χ4v) is 5.89. The number of hydrogen-bond donors (Lipinski definition) is 1. The van der Waals surface area contributed by atoms with Crippen LogP contribution in [0.2, 0.25) is 0 Å². The van der Waals surface area contributed by atoms with Crippen LogP contribution in [0.5, 0.6) is 0 Å². The summed E-state index contributed by atoms with van der Waals surface area (Å²) in [7, 11) is 0. The van der Waals surface area contributed by atoms with E-state index in [-0.39, 0.29) is 40.6 Å². The van der Waals surface area contributed by atoms with Gasteiger partial charge in [-0.2, -0.15) is 0 Å². The number of carboxylic acid groups (broad SMARTS) is 1. The summed E-state index contributed by atoms with van der Waals surface area (Å²) in [5.41, 5.74) is 0.707. The number of carbonyl (C=O) groups excluding carboxylic acids is 3. The van der Waals surface area contributed by atoms with Crippen molar-refractivity contribution in [3.63, 3.8) is 0 Å². The largest absolute Gasteiger partial charge is 1.00 e. The van der Waals surface area contributed by atoms with E-state index in [0.29, 0.717) is 11.5 Å². The molecule has 0 radical (unpaired) electrons. The van der Waals surface area contributed by atoms with Gasteiger partial charge in [0, 0.05) is 4.75 Å². The second kappa shape index (κ2) is 8.40. The molecule has 29 heavy (non-hydrogen) atoms. The number of aliphatic carboxylic acids is 1. The predicted octanol–water partition coefficient (Wildman–Crippen LogP) is -3.20. The second-order valence-corrected chi connectivity index (χ2v) is 9.69. The number of nitrogens with one attached hydrogen (secondary N) is 1. The Morgan fingerprint density at radius 3 is 2.66 bits per heavy atom. The summed E-state index contributed by atoms with van der Waals surface area (Å²) < 4.78 is 4.48. The van der Waals surface area contributed by atoms with E-state index >= 15 is 0 Å². The fraction of sp³-hybridized carbons (Fsp3) is 0.412. The molecule has 2 aromatic heterocycles. The van der Waals surface area contributed by atoms with Gasteiger partial charge in [0.05, 0.1) is 16.9 Å². The third-order valence-corrected chi connectivity index (χ3v) is 7.24. The van der Waals surface area contributed by atoms with Crippen molar-refractivity contribution in [3.8, 4) is 10.6 Å². The molecule has 150 valence electrons. The molecular weight excluding hydrogens is 429 g/mol. The number of aryl methyl sites for hydroxylation is 1. The Balaban J connectivity index is 0.00000150. The van der Waals surface area contributed by atoms with Crippen LogP contribution in [0.4, 0.5) is 0 Å². The maximum Gasteiger partial charge on any atom is 1.00 e. The first-order valence-corrected chi connectivity index (χ1v) is 10.00. The van der Waals surface area contributed by atoms with E-state index in [1.54, 1.807) is 20.8 Å². The van der Waals surface area contributed by atoms with Crippen LogP contribution in [0.1, 0.15) is 30.0 Å². The monoisotopic (exact) mass is 447 g/mol.